The minimum Gasteiger partial charge on any atom is -0.352 e. The predicted octanol–water partition coefficient (Wildman–Crippen LogP) is 3.38. The van der Waals surface area contributed by atoms with Gasteiger partial charge in [-0.3, -0.25) is 0 Å². The number of hydrogen-bond acceptors (Lipinski definition) is 6. The second-order valence-electron chi connectivity index (χ2n) is 6.36. The van der Waals surface area contributed by atoms with Crippen molar-refractivity contribution in [2.45, 2.75) is 16.7 Å². The highest BCUT2D eigenvalue weighted by atomic mass is 35.5. The monoisotopic (exact) mass is 439 g/mol. The first-order chi connectivity index (χ1) is 13.0. The van der Waals surface area contributed by atoms with Gasteiger partial charge in [0.25, 0.3) is 0 Å². The van der Waals surface area contributed by atoms with Crippen LogP contribution >= 0.6 is 11.6 Å². The van der Waals surface area contributed by atoms with E-state index in [1.54, 1.807) is 29.1 Å². The maximum atomic E-state index is 12.2. The van der Waals surface area contributed by atoms with Crippen LogP contribution in [0.3, 0.4) is 0 Å². The van der Waals surface area contributed by atoms with E-state index in [9.17, 15) is 16.8 Å². The molecule has 0 fully saturated rings. The van der Waals surface area contributed by atoms with Gasteiger partial charge in [0.2, 0.25) is 0 Å². The van der Waals surface area contributed by atoms with Gasteiger partial charge < -0.3 is 5.32 Å². The van der Waals surface area contributed by atoms with E-state index < -0.39 is 19.7 Å². The van der Waals surface area contributed by atoms with E-state index in [-0.39, 0.29) is 15.5 Å². The molecular formula is C18H18ClN3O4S2. The van der Waals surface area contributed by atoms with E-state index in [0.29, 0.717) is 10.7 Å². The van der Waals surface area contributed by atoms with Crippen LogP contribution in [0.5, 0.6) is 0 Å². The number of nitrogens with one attached hydrogen (secondary N) is 1. The fourth-order valence-corrected chi connectivity index (χ4v) is 4.45. The third-order valence-electron chi connectivity index (χ3n) is 4.11. The van der Waals surface area contributed by atoms with Gasteiger partial charge in [0.1, 0.15) is 0 Å². The number of rotatable bonds is 5. The Kier molecular flexibility index (Phi) is 5.26. The second-order valence-corrected chi connectivity index (χ2v) is 10.8. The summed E-state index contributed by atoms with van der Waals surface area (Å²) in [6, 6.07) is 11.1. The smallest absolute Gasteiger partial charge is 0.177 e. The van der Waals surface area contributed by atoms with E-state index in [1.165, 1.54) is 12.1 Å². The average Bonchev–Trinajstić information content (AvgIpc) is 2.94. The molecule has 1 heterocycles. The first-order valence-corrected chi connectivity index (χ1v) is 12.2. The fraction of sp³-hybridized carbons (Fsp3) is 0.167. The maximum absolute atomic E-state index is 12.2. The molecule has 0 atom stereocenters. The third-order valence-corrected chi connectivity index (χ3v) is 6.59. The molecule has 2 aromatic carbocycles. The number of nitrogens with zero attached hydrogens (tertiary/aromatic N) is 2. The molecule has 0 saturated carbocycles. The van der Waals surface area contributed by atoms with Crippen LogP contribution in [-0.2, 0) is 19.7 Å². The molecule has 0 bridgehead atoms. The summed E-state index contributed by atoms with van der Waals surface area (Å²) >= 11 is 6.03. The van der Waals surface area contributed by atoms with Gasteiger partial charge >= 0.3 is 0 Å². The van der Waals surface area contributed by atoms with Crippen LogP contribution in [0.25, 0.3) is 5.69 Å². The van der Waals surface area contributed by atoms with E-state index >= 15 is 0 Å². The molecule has 7 nitrogen and oxygen atoms in total. The molecule has 3 aromatic rings. The molecule has 1 aromatic heterocycles. The molecule has 148 valence electrons. The Labute approximate surface area is 168 Å². The highest BCUT2D eigenvalue weighted by Crippen LogP contribution is 2.30. The summed E-state index contributed by atoms with van der Waals surface area (Å²) in [5, 5.41) is 7.93. The van der Waals surface area contributed by atoms with Crippen molar-refractivity contribution in [2.75, 3.05) is 17.8 Å². The quantitative estimate of drug-likeness (QED) is 0.654. The lowest BCUT2D eigenvalue weighted by atomic mass is 10.3. The molecule has 10 heteroatoms. The number of aromatic nitrogens is 2. The van der Waals surface area contributed by atoms with Crippen molar-refractivity contribution in [3.63, 3.8) is 0 Å². The Balaban J connectivity index is 2.05. The standard InChI is InChI=1S/C18H18ClN3O4S2/c1-12-17(11-20-22(12)14-6-4-5-13(19)9-14)21-16-8-7-15(27(2,23)24)10-18(16)28(3,25)26/h4-11,21H,1-3H3. The van der Waals surface area contributed by atoms with Crippen LogP contribution in [-0.4, -0.2) is 39.1 Å². The number of halogens is 1. The van der Waals surface area contributed by atoms with Gasteiger partial charge in [0.15, 0.2) is 19.7 Å². The van der Waals surface area contributed by atoms with Crippen molar-refractivity contribution in [3.8, 4) is 5.69 Å². The summed E-state index contributed by atoms with van der Waals surface area (Å²) in [5.41, 5.74) is 2.34. The molecule has 0 aliphatic carbocycles. The van der Waals surface area contributed by atoms with Crippen LogP contribution in [0.2, 0.25) is 5.02 Å². The van der Waals surface area contributed by atoms with Gasteiger partial charge in [0.05, 0.1) is 38.7 Å². The van der Waals surface area contributed by atoms with Crippen molar-refractivity contribution in [2.24, 2.45) is 0 Å². The molecule has 1 N–H and O–H groups in total. The van der Waals surface area contributed by atoms with Crippen molar-refractivity contribution in [1.82, 2.24) is 9.78 Å². The largest absolute Gasteiger partial charge is 0.352 e. The van der Waals surface area contributed by atoms with E-state index in [2.05, 4.69) is 10.4 Å². The number of sulfone groups is 2. The second kappa shape index (κ2) is 7.23. The number of hydrogen-bond donors (Lipinski definition) is 1. The minimum atomic E-state index is -3.67. The summed E-state index contributed by atoms with van der Waals surface area (Å²) in [6.45, 7) is 1.82. The van der Waals surface area contributed by atoms with Crippen LogP contribution in [0.15, 0.2) is 58.5 Å². The molecule has 28 heavy (non-hydrogen) atoms. The Bertz CT molecular complexity index is 1270. The zero-order valence-corrected chi connectivity index (χ0v) is 17.7. The lowest BCUT2D eigenvalue weighted by Gasteiger charge is -2.12. The molecule has 0 aliphatic heterocycles. The molecule has 0 unspecified atom stereocenters. The Morgan fingerprint density at radius 3 is 2.29 bits per heavy atom. The highest BCUT2D eigenvalue weighted by Gasteiger charge is 2.19. The van der Waals surface area contributed by atoms with Gasteiger partial charge in [-0.15, -0.1) is 0 Å². The first-order valence-electron chi connectivity index (χ1n) is 8.08. The van der Waals surface area contributed by atoms with E-state index in [0.717, 1.165) is 30.0 Å². The van der Waals surface area contributed by atoms with Crippen molar-refractivity contribution in [3.05, 3.63) is 59.4 Å². The summed E-state index contributed by atoms with van der Waals surface area (Å²) in [6.07, 6.45) is 3.62. The van der Waals surface area contributed by atoms with Crippen molar-refractivity contribution >= 4 is 42.7 Å². The Hall–Kier alpha value is -2.36. The molecule has 0 saturated heterocycles. The highest BCUT2D eigenvalue weighted by molar-refractivity contribution is 7.91. The van der Waals surface area contributed by atoms with Gasteiger partial charge in [-0.1, -0.05) is 17.7 Å². The summed E-state index contributed by atoms with van der Waals surface area (Å²) < 4.78 is 49.6. The lowest BCUT2D eigenvalue weighted by molar-refractivity contribution is 0.600. The van der Waals surface area contributed by atoms with E-state index in [4.69, 9.17) is 11.6 Å². The topological polar surface area (TPSA) is 98.1 Å². The predicted molar refractivity (Wildman–Crippen MR) is 109 cm³/mol. The third kappa shape index (κ3) is 4.21. The first kappa shape index (κ1) is 20.4. The molecule has 0 radical (unpaired) electrons. The maximum Gasteiger partial charge on any atom is 0.177 e. The number of anilines is 2. The lowest BCUT2D eigenvalue weighted by Crippen LogP contribution is -2.06. The zero-order valence-electron chi connectivity index (χ0n) is 15.3. The van der Waals surface area contributed by atoms with Crippen LogP contribution in [0.4, 0.5) is 11.4 Å². The van der Waals surface area contributed by atoms with Gasteiger partial charge in [-0.2, -0.15) is 5.10 Å². The Morgan fingerprint density at radius 2 is 1.68 bits per heavy atom. The molecule has 0 aliphatic rings. The number of benzene rings is 2. The van der Waals surface area contributed by atoms with Crippen molar-refractivity contribution < 1.29 is 16.8 Å². The van der Waals surface area contributed by atoms with Gasteiger partial charge in [0, 0.05) is 17.5 Å². The summed E-state index contributed by atoms with van der Waals surface area (Å²) in [5.74, 6) is 0. The van der Waals surface area contributed by atoms with Crippen LogP contribution < -0.4 is 5.32 Å². The van der Waals surface area contributed by atoms with Crippen molar-refractivity contribution in [1.29, 1.82) is 0 Å². The fourth-order valence-electron chi connectivity index (χ4n) is 2.69. The van der Waals surface area contributed by atoms with Gasteiger partial charge in [-0.05, 0) is 43.3 Å². The SMILES string of the molecule is Cc1c(Nc2ccc(S(C)(=O)=O)cc2S(C)(=O)=O)cnn1-c1cccc(Cl)c1. The zero-order chi connectivity index (χ0) is 20.7. The Morgan fingerprint density at radius 1 is 0.964 bits per heavy atom. The van der Waals surface area contributed by atoms with Gasteiger partial charge in [-0.25, -0.2) is 21.5 Å². The normalized spacial score (nSPS) is 12.1. The molecule has 3 rings (SSSR count). The summed E-state index contributed by atoms with van der Waals surface area (Å²) in [4.78, 5) is -0.171. The van der Waals surface area contributed by atoms with Crippen LogP contribution in [0, 0.1) is 6.92 Å². The summed E-state index contributed by atoms with van der Waals surface area (Å²) in [7, 11) is -7.21. The molecule has 0 amide bonds. The molecular weight excluding hydrogens is 422 g/mol. The average molecular weight is 440 g/mol. The minimum absolute atomic E-state index is 0.0650. The van der Waals surface area contributed by atoms with E-state index in [1.807, 2.05) is 13.0 Å². The molecule has 0 spiro atoms. The van der Waals surface area contributed by atoms with Crippen LogP contribution in [0.1, 0.15) is 5.69 Å².